The van der Waals surface area contributed by atoms with Crippen molar-refractivity contribution in [3.05, 3.63) is 60.6 Å². The zero-order chi connectivity index (χ0) is 17.1. The SMILES string of the molecule is O=C(CCc1c[nH]c2ccccc12)N1CCN(c2ccncc2)CC1. The number of amides is 1. The third-order valence-corrected chi connectivity index (χ3v) is 4.94. The molecular weight excluding hydrogens is 312 g/mol. The van der Waals surface area contributed by atoms with E-state index in [1.54, 1.807) is 0 Å². The first-order valence-electron chi connectivity index (χ1n) is 8.79. The predicted molar refractivity (Wildman–Crippen MR) is 99.6 cm³/mol. The molecule has 0 spiro atoms. The van der Waals surface area contributed by atoms with E-state index in [0.29, 0.717) is 6.42 Å². The Labute approximate surface area is 147 Å². The molecule has 0 aliphatic carbocycles. The van der Waals surface area contributed by atoms with Crippen LogP contribution in [0.5, 0.6) is 0 Å². The standard InChI is InChI=1S/C20H22N4O/c25-20(6-5-16-15-22-19-4-2-1-3-18(16)19)24-13-11-23(12-14-24)17-7-9-21-10-8-17/h1-4,7-10,15,22H,5-6,11-14H2. The van der Waals surface area contributed by atoms with Crippen LogP contribution in [-0.4, -0.2) is 47.0 Å². The number of rotatable bonds is 4. The minimum absolute atomic E-state index is 0.250. The second-order valence-corrected chi connectivity index (χ2v) is 6.43. The van der Waals surface area contributed by atoms with E-state index in [1.807, 2.05) is 47.8 Å². The highest BCUT2D eigenvalue weighted by atomic mass is 16.2. The topological polar surface area (TPSA) is 52.2 Å². The molecule has 25 heavy (non-hydrogen) atoms. The molecule has 5 nitrogen and oxygen atoms in total. The average Bonchev–Trinajstić information content (AvgIpc) is 3.10. The Hall–Kier alpha value is -2.82. The van der Waals surface area contributed by atoms with Crippen molar-refractivity contribution in [1.82, 2.24) is 14.9 Å². The second kappa shape index (κ2) is 6.97. The van der Waals surface area contributed by atoms with Gasteiger partial charge in [0.25, 0.3) is 0 Å². The molecule has 5 heteroatoms. The predicted octanol–water partition coefficient (Wildman–Crippen LogP) is 2.84. The summed E-state index contributed by atoms with van der Waals surface area (Å²) in [7, 11) is 0. The van der Waals surface area contributed by atoms with Gasteiger partial charge in [-0.2, -0.15) is 0 Å². The normalized spacial score (nSPS) is 14.9. The maximum atomic E-state index is 12.6. The number of carbonyl (C=O) groups is 1. The summed E-state index contributed by atoms with van der Waals surface area (Å²) in [5.41, 5.74) is 3.54. The minimum atomic E-state index is 0.250. The Morgan fingerprint density at radius 1 is 1.04 bits per heavy atom. The summed E-state index contributed by atoms with van der Waals surface area (Å²) < 4.78 is 0. The Kier molecular flexibility index (Phi) is 4.37. The van der Waals surface area contributed by atoms with Gasteiger partial charge in [0, 0.05) is 67.8 Å². The average molecular weight is 334 g/mol. The van der Waals surface area contributed by atoms with Crippen LogP contribution in [0.3, 0.4) is 0 Å². The number of benzene rings is 1. The van der Waals surface area contributed by atoms with E-state index >= 15 is 0 Å². The summed E-state index contributed by atoms with van der Waals surface area (Å²) in [5, 5.41) is 1.22. The summed E-state index contributed by atoms with van der Waals surface area (Å²) in [6, 6.07) is 12.3. The first-order valence-corrected chi connectivity index (χ1v) is 8.79. The molecule has 0 unspecified atom stereocenters. The summed E-state index contributed by atoms with van der Waals surface area (Å²) in [4.78, 5) is 24.2. The molecular formula is C20H22N4O. The lowest BCUT2D eigenvalue weighted by atomic mass is 10.1. The molecule has 0 atom stereocenters. The number of aryl methyl sites for hydroxylation is 1. The van der Waals surface area contributed by atoms with E-state index in [9.17, 15) is 4.79 Å². The first kappa shape index (κ1) is 15.7. The van der Waals surface area contributed by atoms with Crippen LogP contribution < -0.4 is 4.90 Å². The van der Waals surface area contributed by atoms with E-state index in [2.05, 4.69) is 27.0 Å². The monoisotopic (exact) mass is 334 g/mol. The summed E-state index contributed by atoms with van der Waals surface area (Å²) >= 11 is 0. The number of nitrogens with one attached hydrogen (secondary N) is 1. The zero-order valence-corrected chi connectivity index (χ0v) is 14.2. The molecule has 1 aromatic carbocycles. The molecule has 4 rings (SSSR count). The number of carbonyl (C=O) groups excluding carboxylic acids is 1. The van der Waals surface area contributed by atoms with E-state index < -0.39 is 0 Å². The molecule has 1 aliphatic rings. The van der Waals surface area contributed by atoms with Crippen molar-refractivity contribution in [2.24, 2.45) is 0 Å². The highest BCUT2D eigenvalue weighted by Crippen LogP contribution is 2.20. The van der Waals surface area contributed by atoms with Crippen LogP contribution in [0.1, 0.15) is 12.0 Å². The fourth-order valence-corrected chi connectivity index (χ4v) is 3.51. The van der Waals surface area contributed by atoms with Crippen LogP contribution in [0.15, 0.2) is 55.0 Å². The van der Waals surface area contributed by atoms with Gasteiger partial charge in [0.2, 0.25) is 5.91 Å². The van der Waals surface area contributed by atoms with Gasteiger partial charge in [-0.05, 0) is 30.2 Å². The van der Waals surface area contributed by atoms with Gasteiger partial charge in [0.15, 0.2) is 0 Å². The highest BCUT2D eigenvalue weighted by molar-refractivity contribution is 5.84. The Balaban J connectivity index is 1.32. The van der Waals surface area contributed by atoms with Crippen molar-refractivity contribution in [3.8, 4) is 0 Å². The molecule has 0 bridgehead atoms. The van der Waals surface area contributed by atoms with Crippen molar-refractivity contribution in [2.75, 3.05) is 31.1 Å². The number of aromatic amines is 1. The van der Waals surface area contributed by atoms with Gasteiger partial charge < -0.3 is 14.8 Å². The third kappa shape index (κ3) is 3.36. The summed E-state index contributed by atoms with van der Waals surface area (Å²) in [5.74, 6) is 0.250. The maximum Gasteiger partial charge on any atom is 0.223 e. The Morgan fingerprint density at radius 2 is 1.80 bits per heavy atom. The summed E-state index contributed by atoms with van der Waals surface area (Å²) in [6.07, 6.45) is 7.01. The number of hydrogen-bond acceptors (Lipinski definition) is 3. The van der Waals surface area contributed by atoms with Gasteiger partial charge >= 0.3 is 0 Å². The lowest BCUT2D eigenvalue weighted by Crippen LogP contribution is -2.48. The third-order valence-electron chi connectivity index (χ3n) is 4.94. The number of aromatic nitrogens is 2. The Bertz CT molecular complexity index is 850. The van der Waals surface area contributed by atoms with Crippen molar-refractivity contribution in [1.29, 1.82) is 0 Å². The van der Waals surface area contributed by atoms with Crippen LogP contribution in [0.2, 0.25) is 0 Å². The number of pyridine rings is 1. The van der Waals surface area contributed by atoms with Crippen molar-refractivity contribution >= 4 is 22.5 Å². The molecule has 1 fully saturated rings. The van der Waals surface area contributed by atoms with Gasteiger partial charge in [-0.15, -0.1) is 0 Å². The van der Waals surface area contributed by atoms with Crippen LogP contribution in [-0.2, 0) is 11.2 Å². The highest BCUT2D eigenvalue weighted by Gasteiger charge is 2.21. The fourth-order valence-electron chi connectivity index (χ4n) is 3.51. The molecule has 3 aromatic rings. The number of hydrogen-bond donors (Lipinski definition) is 1. The molecule has 0 saturated carbocycles. The van der Waals surface area contributed by atoms with Crippen LogP contribution in [0, 0.1) is 0 Å². The quantitative estimate of drug-likeness (QED) is 0.798. The van der Waals surface area contributed by atoms with Gasteiger partial charge in [-0.25, -0.2) is 0 Å². The maximum absolute atomic E-state index is 12.6. The second-order valence-electron chi connectivity index (χ2n) is 6.43. The first-order chi connectivity index (χ1) is 12.3. The minimum Gasteiger partial charge on any atom is -0.368 e. The lowest BCUT2D eigenvalue weighted by molar-refractivity contribution is -0.131. The van der Waals surface area contributed by atoms with Gasteiger partial charge in [-0.1, -0.05) is 18.2 Å². The molecule has 1 N–H and O–H groups in total. The van der Waals surface area contributed by atoms with E-state index in [-0.39, 0.29) is 5.91 Å². The fraction of sp³-hybridized carbons (Fsp3) is 0.300. The van der Waals surface area contributed by atoms with Crippen LogP contribution in [0.4, 0.5) is 5.69 Å². The zero-order valence-electron chi connectivity index (χ0n) is 14.2. The molecule has 1 amide bonds. The lowest BCUT2D eigenvalue weighted by Gasteiger charge is -2.36. The van der Waals surface area contributed by atoms with Gasteiger partial charge in [0.05, 0.1) is 0 Å². The Morgan fingerprint density at radius 3 is 2.60 bits per heavy atom. The van der Waals surface area contributed by atoms with Crippen molar-refractivity contribution < 1.29 is 4.79 Å². The number of piperazine rings is 1. The van der Waals surface area contributed by atoms with Crippen LogP contribution >= 0.6 is 0 Å². The molecule has 1 saturated heterocycles. The van der Waals surface area contributed by atoms with Gasteiger partial charge in [0.1, 0.15) is 0 Å². The van der Waals surface area contributed by atoms with Crippen molar-refractivity contribution in [3.63, 3.8) is 0 Å². The molecule has 0 radical (unpaired) electrons. The number of anilines is 1. The van der Waals surface area contributed by atoms with E-state index in [4.69, 9.17) is 0 Å². The van der Waals surface area contributed by atoms with Gasteiger partial charge in [-0.3, -0.25) is 9.78 Å². The number of fused-ring (bicyclic) bond motifs is 1. The smallest absolute Gasteiger partial charge is 0.223 e. The molecule has 1 aliphatic heterocycles. The largest absolute Gasteiger partial charge is 0.368 e. The van der Waals surface area contributed by atoms with E-state index in [1.165, 1.54) is 16.6 Å². The number of para-hydroxylation sites is 1. The summed E-state index contributed by atoms with van der Waals surface area (Å²) in [6.45, 7) is 3.33. The molecule has 128 valence electrons. The molecule has 3 heterocycles. The van der Waals surface area contributed by atoms with Crippen LogP contribution in [0.25, 0.3) is 10.9 Å². The molecule has 2 aromatic heterocycles. The van der Waals surface area contributed by atoms with E-state index in [0.717, 1.165) is 38.1 Å². The number of H-pyrrole nitrogens is 1. The number of nitrogens with zero attached hydrogens (tertiary/aromatic N) is 3. The van der Waals surface area contributed by atoms with Crippen molar-refractivity contribution in [2.45, 2.75) is 12.8 Å².